The Balaban J connectivity index is 1.80. The molecule has 3 heteroatoms. The van der Waals surface area contributed by atoms with E-state index in [0.717, 1.165) is 24.2 Å². The molecule has 0 spiro atoms. The lowest BCUT2D eigenvalue weighted by Crippen LogP contribution is -2.15. The van der Waals surface area contributed by atoms with Gasteiger partial charge in [0.05, 0.1) is 0 Å². The van der Waals surface area contributed by atoms with Crippen molar-refractivity contribution in [3.05, 3.63) is 65.2 Å². The highest BCUT2D eigenvalue weighted by molar-refractivity contribution is 7.80. The summed E-state index contributed by atoms with van der Waals surface area (Å²) in [5, 5.41) is 0. The summed E-state index contributed by atoms with van der Waals surface area (Å²) >= 11 is 4.96. The largest absolute Gasteiger partial charge is 0.486 e. The minimum atomic E-state index is 0.149. The van der Waals surface area contributed by atoms with Gasteiger partial charge < -0.3 is 10.5 Å². The fourth-order valence-electron chi connectivity index (χ4n) is 2.69. The van der Waals surface area contributed by atoms with E-state index in [1.54, 1.807) is 0 Å². The standard InChI is InChI=1S/C17H17NOS/c18-17(20)13-8-10-14(11-9-13)19-16-7-3-5-12-4-1-2-6-15(12)16/h1-2,4,6,8-11,16H,3,5,7H2,(H2,18,20). The first-order valence-electron chi connectivity index (χ1n) is 6.88. The molecule has 0 radical (unpaired) electrons. The Morgan fingerprint density at radius 3 is 2.60 bits per heavy atom. The third-order valence-corrected chi connectivity index (χ3v) is 3.97. The van der Waals surface area contributed by atoms with Crippen LogP contribution in [0.3, 0.4) is 0 Å². The van der Waals surface area contributed by atoms with Crippen LogP contribution in [0.5, 0.6) is 5.75 Å². The second kappa shape index (κ2) is 5.63. The molecule has 0 aliphatic heterocycles. The number of thiocarbonyl (C=S) groups is 1. The van der Waals surface area contributed by atoms with Gasteiger partial charge in [-0.1, -0.05) is 36.5 Å². The molecule has 0 amide bonds. The van der Waals surface area contributed by atoms with Crippen molar-refractivity contribution in [3.8, 4) is 5.75 Å². The summed E-state index contributed by atoms with van der Waals surface area (Å²) < 4.78 is 6.13. The Morgan fingerprint density at radius 2 is 1.85 bits per heavy atom. The van der Waals surface area contributed by atoms with Crippen molar-refractivity contribution in [2.45, 2.75) is 25.4 Å². The van der Waals surface area contributed by atoms with Gasteiger partial charge in [0.25, 0.3) is 0 Å². The minimum Gasteiger partial charge on any atom is -0.486 e. The number of fused-ring (bicyclic) bond motifs is 1. The predicted molar refractivity (Wildman–Crippen MR) is 85.1 cm³/mol. The number of nitrogens with two attached hydrogens (primary N) is 1. The highest BCUT2D eigenvalue weighted by Gasteiger charge is 2.21. The average molecular weight is 283 g/mol. The summed E-state index contributed by atoms with van der Waals surface area (Å²) in [6, 6.07) is 16.2. The van der Waals surface area contributed by atoms with Gasteiger partial charge in [-0.2, -0.15) is 0 Å². The summed E-state index contributed by atoms with van der Waals surface area (Å²) in [6.07, 6.45) is 3.53. The van der Waals surface area contributed by atoms with Crippen LogP contribution >= 0.6 is 12.2 Å². The lowest BCUT2D eigenvalue weighted by molar-refractivity contribution is 0.183. The van der Waals surface area contributed by atoms with Crippen molar-refractivity contribution in [1.29, 1.82) is 0 Å². The van der Waals surface area contributed by atoms with E-state index in [-0.39, 0.29) is 6.10 Å². The quantitative estimate of drug-likeness (QED) is 0.871. The molecule has 1 unspecified atom stereocenters. The molecule has 0 fully saturated rings. The first-order chi connectivity index (χ1) is 9.74. The van der Waals surface area contributed by atoms with E-state index >= 15 is 0 Å². The number of ether oxygens (including phenoxy) is 1. The molecular formula is C17H17NOS. The van der Waals surface area contributed by atoms with Gasteiger partial charge in [-0.3, -0.25) is 0 Å². The molecule has 0 bridgehead atoms. The molecule has 0 saturated carbocycles. The molecule has 2 nitrogen and oxygen atoms in total. The van der Waals surface area contributed by atoms with Crippen LogP contribution < -0.4 is 10.5 Å². The monoisotopic (exact) mass is 283 g/mol. The number of aryl methyl sites for hydroxylation is 1. The molecule has 0 heterocycles. The SMILES string of the molecule is NC(=S)c1ccc(OC2CCCc3ccccc32)cc1. The van der Waals surface area contributed by atoms with Gasteiger partial charge in [-0.15, -0.1) is 0 Å². The van der Waals surface area contributed by atoms with Crippen LogP contribution in [0.4, 0.5) is 0 Å². The van der Waals surface area contributed by atoms with Gasteiger partial charge in [-0.05, 0) is 54.7 Å². The molecule has 0 aromatic heterocycles. The van der Waals surface area contributed by atoms with Gasteiger partial charge in [0, 0.05) is 5.56 Å². The van der Waals surface area contributed by atoms with Crippen LogP contribution in [0.2, 0.25) is 0 Å². The van der Waals surface area contributed by atoms with Crippen LogP contribution in [-0.2, 0) is 6.42 Å². The van der Waals surface area contributed by atoms with Crippen molar-refractivity contribution in [2.24, 2.45) is 5.73 Å². The zero-order chi connectivity index (χ0) is 13.9. The number of rotatable bonds is 3. The molecule has 0 saturated heterocycles. The summed E-state index contributed by atoms with van der Waals surface area (Å²) in [7, 11) is 0. The van der Waals surface area contributed by atoms with Crippen molar-refractivity contribution >= 4 is 17.2 Å². The van der Waals surface area contributed by atoms with E-state index in [1.165, 1.54) is 17.5 Å². The Hall–Kier alpha value is -1.87. The van der Waals surface area contributed by atoms with E-state index in [2.05, 4.69) is 24.3 Å². The second-order valence-corrected chi connectivity index (χ2v) is 5.53. The normalized spacial score (nSPS) is 17.3. The Kier molecular flexibility index (Phi) is 3.70. The molecule has 3 rings (SSSR count). The summed E-state index contributed by atoms with van der Waals surface area (Å²) in [4.78, 5) is 0.416. The molecule has 1 aliphatic carbocycles. The molecule has 102 valence electrons. The van der Waals surface area contributed by atoms with E-state index in [4.69, 9.17) is 22.7 Å². The van der Waals surface area contributed by atoms with Gasteiger partial charge >= 0.3 is 0 Å². The van der Waals surface area contributed by atoms with Crippen molar-refractivity contribution in [3.63, 3.8) is 0 Å². The van der Waals surface area contributed by atoms with Crippen LogP contribution in [0.25, 0.3) is 0 Å². The molecule has 20 heavy (non-hydrogen) atoms. The van der Waals surface area contributed by atoms with Crippen LogP contribution in [0, 0.1) is 0 Å². The summed E-state index contributed by atoms with van der Waals surface area (Å²) in [5.41, 5.74) is 9.20. The summed E-state index contributed by atoms with van der Waals surface area (Å²) in [5.74, 6) is 0.867. The average Bonchev–Trinajstić information content (AvgIpc) is 2.48. The number of hydrogen-bond acceptors (Lipinski definition) is 2. The lowest BCUT2D eigenvalue weighted by atomic mass is 9.89. The molecule has 1 aliphatic rings. The van der Waals surface area contributed by atoms with Crippen LogP contribution in [0.15, 0.2) is 48.5 Å². The Morgan fingerprint density at radius 1 is 1.10 bits per heavy atom. The Bertz CT molecular complexity index is 621. The maximum Gasteiger partial charge on any atom is 0.124 e. The van der Waals surface area contributed by atoms with Crippen molar-refractivity contribution in [2.75, 3.05) is 0 Å². The van der Waals surface area contributed by atoms with E-state index in [0.29, 0.717) is 4.99 Å². The minimum absolute atomic E-state index is 0.149. The van der Waals surface area contributed by atoms with Crippen LogP contribution in [-0.4, -0.2) is 4.99 Å². The van der Waals surface area contributed by atoms with Gasteiger partial charge in [0.1, 0.15) is 16.8 Å². The lowest BCUT2D eigenvalue weighted by Gasteiger charge is -2.26. The number of benzene rings is 2. The highest BCUT2D eigenvalue weighted by atomic mass is 32.1. The summed E-state index contributed by atoms with van der Waals surface area (Å²) in [6.45, 7) is 0. The third-order valence-electron chi connectivity index (χ3n) is 3.73. The predicted octanol–water partition coefficient (Wildman–Crippen LogP) is 3.78. The molecular weight excluding hydrogens is 266 g/mol. The van der Waals surface area contributed by atoms with Gasteiger partial charge in [-0.25, -0.2) is 0 Å². The van der Waals surface area contributed by atoms with Gasteiger partial charge in [0.15, 0.2) is 0 Å². The fraction of sp³-hybridized carbons (Fsp3) is 0.235. The van der Waals surface area contributed by atoms with E-state index in [1.807, 2.05) is 24.3 Å². The fourth-order valence-corrected chi connectivity index (χ4v) is 2.83. The smallest absolute Gasteiger partial charge is 0.124 e. The first kappa shape index (κ1) is 13.1. The van der Waals surface area contributed by atoms with Gasteiger partial charge in [0.2, 0.25) is 0 Å². The number of hydrogen-bond donors (Lipinski definition) is 1. The maximum atomic E-state index is 6.13. The second-order valence-electron chi connectivity index (χ2n) is 5.09. The van der Waals surface area contributed by atoms with E-state index in [9.17, 15) is 0 Å². The van der Waals surface area contributed by atoms with E-state index < -0.39 is 0 Å². The first-order valence-corrected chi connectivity index (χ1v) is 7.29. The zero-order valence-corrected chi connectivity index (χ0v) is 12.0. The van der Waals surface area contributed by atoms with Crippen molar-refractivity contribution in [1.82, 2.24) is 0 Å². The molecule has 2 aromatic carbocycles. The topological polar surface area (TPSA) is 35.2 Å². The Labute approximate surface area is 124 Å². The molecule has 2 N–H and O–H groups in total. The highest BCUT2D eigenvalue weighted by Crippen LogP contribution is 2.33. The van der Waals surface area contributed by atoms with Crippen molar-refractivity contribution < 1.29 is 4.74 Å². The third kappa shape index (κ3) is 2.68. The maximum absolute atomic E-state index is 6.13. The van der Waals surface area contributed by atoms with Crippen LogP contribution in [0.1, 0.15) is 35.6 Å². The molecule has 2 aromatic rings. The molecule has 1 atom stereocenters. The zero-order valence-electron chi connectivity index (χ0n) is 11.2.